The molecule has 0 aliphatic heterocycles. The summed E-state index contributed by atoms with van der Waals surface area (Å²) in [5.74, 6) is -0.847. The van der Waals surface area contributed by atoms with Crippen molar-refractivity contribution in [2.75, 3.05) is 15.9 Å². The van der Waals surface area contributed by atoms with E-state index in [0.29, 0.717) is 22.0 Å². The van der Waals surface area contributed by atoms with Gasteiger partial charge in [0.05, 0.1) is 18.5 Å². The molecule has 30 heavy (non-hydrogen) atoms. The molecule has 0 aromatic heterocycles. The molecular formula is C22H20ClFN2O3S. The molecule has 5 nitrogen and oxygen atoms in total. The van der Waals surface area contributed by atoms with Gasteiger partial charge in [-0.15, -0.1) is 0 Å². The minimum atomic E-state index is -3.67. The third-order valence-electron chi connectivity index (χ3n) is 4.52. The zero-order chi connectivity index (χ0) is 21.9. The lowest BCUT2D eigenvalue weighted by molar-refractivity contribution is 0.102. The smallest absolute Gasteiger partial charge is 0.255 e. The molecule has 1 N–H and O–H groups in total. The van der Waals surface area contributed by atoms with E-state index in [0.717, 1.165) is 16.1 Å². The monoisotopic (exact) mass is 446 g/mol. The van der Waals surface area contributed by atoms with Crippen molar-refractivity contribution in [1.29, 1.82) is 0 Å². The maximum Gasteiger partial charge on any atom is 0.255 e. The number of hydrogen-bond donors (Lipinski definition) is 1. The van der Waals surface area contributed by atoms with E-state index < -0.39 is 15.8 Å². The largest absolute Gasteiger partial charge is 0.322 e. The lowest BCUT2D eigenvalue weighted by atomic mass is 10.1. The van der Waals surface area contributed by atoms with Gasteiger partial charge in [-0.1, -0.05) is 35.9 Å². The topological polar surface area (TPSA) is 66.5 Å². The van der Waals surface area contributed by atoms with E-state index in [-0.39, 0.29) is 18.0 Å². The molecule has 1 amide bonds. The molecular weight excluding hydrogens is 427 g/mol. The zero-order valence-corrected chi connectivity index (χ0v) is 18.0. The molecule has 0 atom stereocenters. The van der Waals surface area contributed by atoms with Gasteiger partial charge in [0.15, 0.2) is 0 Å². The van der Waals surface area contributed by atoms with Gasteiger partial charge in [-0.2, -0.15) is 0 Å². The number of halogens is 2. The summed E-state index contributed by atoms with van der Waals surface area (Å²) < 4.78 is 39.6. The van der Waals surface area contributed by atoms with Crippen LogP contribution in [0.3, 0.4) is 0 Å². The molecule has 3 aromatic carbocycles. The van der Waals surface area contributed by atoms with Gasteiger partial charge in [0.25, 0.3) is 5.91 Å². The number of sulfonamides is 1. The number of hydrogen-bond acceptors (Lipinski definition) is 3. The van der Waals surface area contributed by atoms with Gasteiger partial charge in [0.1, 0.15) is 5.82 Å². The van der Waals surface area contributed by atoms with E-state index >= 15 is 0 Å². The molecule has 156 valence electrons. The van der Waals surface area contributed by atoms with Crippen molar-refractivity contribution >= 4 is 38.9 Å². The number of aryl methyl sites for hydroxylation is 1. The van der Waals surface area contributed by atoms with Crippen LogP contribution in [-0.2, 0) is 16.6 Å². The van der Waals surface area contributed by atoms with Crippen LogP contribution in [0.5, 0.6) is 0 Å². The summed E-state index contributed by atoms with van der Waals surface area (Å²) in [4.78, 5) is 12.5. The van der Waals surface area contributed by atoms with Gasteiger partial charge < -0.3 is 5.32 Å². The Bertz CT molecular complexity index is 1180. The third kappa shape index (κ3) is 5.17. The van der Waals surface area contributed by atoms with Crippen LogP contribution in [0.4, 0.5) is 15.8 Å². The summed E-state index contributed by atoms with van der Waals surface area (Å²) in [7, 11) is -3.67. The second-order valence-electron chi connectivity index (χ2n) is 6.83. The quantitative estimate of drug-likeness (QED) is 0.579. The molecule has 0 spiro atoms. The fraction of sp³-hybridized carbons (Fsp3) is 0.136. The fourth-order valence-electron chi connectivity index (χ4n) is 2.83. The summed E-state index contributed by atoms with van der Waals surface area (Å²) in [6.07, 6.45) is 1.05. The number of carbonyl (C=O) groups is 1. The summed E-state index contributed by atoms with van der Waals surface area (Å²) in [6.45, 7) is 1.71. The first-order valence-electron chi connectivity index (χ1n) is 9.04. The lowest BCUT2D eigenvalue weighted by Crippen LogP contribution is -2.29. The fourth-order valence-corrected chi connectivity index (χ4v) is 3.89. The number of nitrogens with one attached hydrogen (secondary N) is 1. The number of rotatable bonds is 6. The van der Waals surface area contributed by atoms with Crippen molar-refractivity contribution in [2.24, 2.45) is 0 Å². The Morgan fingerprint density at radius 2 is 1.73 bits per heavy atom. The number of carbonyl (C=O) groups excluding carboxylic acids is 1. The first-order valence-corrected chi connectivity index (χ1v) is 11.3. The van der Waals surface area contributed by atoms with Crippen LogP contribution in [0.2, 0.25) is 5.02 Å². The minimum Gasteiger partial charge on any atom is -0.322 e. The summed E-state index contributed by atoms with van der Waals surface area (Å²) in [6, 6.07) is 17.2. The molecule has 0 unspecified atom stereocenters. The highest BCUT2D eigenvalue weighted by atomic mass is 35.5. The van der Waals surface area contributed by atoms with Crippen LogP contribution < -0.4 is 9.62 Å². The summed E-state index contributed by atoms with van der Waals surface area (Å²) in [5, 5.41) is 3.29. The first kappa shape index (κ1) is 21.8. The van der Waals surface area contributed by atoms with Gasteiger partial charge >= 0.3 is 0 Å². The van der Waals surface area contributed by atoms with Crippen molar-refractivity contribution in [1.82, 2.24) is 0 Å². The lowest BCUT2D eigenvalue weighted by Gasteiger charge is -2.23. The second-order valence-corrected chi connectivity index (χ2v) is 9.14. The molecule has 0 heterocycles. The average molecular weight is 447 g/mol. The molecule has 8 heteroatoms. The zero-order valence-electron chi connectivity index (χ0n) is 16.4. The van der Waals surface area contributed by atoms with Crippen molar-refractivity contribution in [2.45, 2.75) is 13.5 Å². The molecule has 0 bridgehead atoms. The Morgan fingerprint density at radius 3 is 2.33 bits per heavy atom. The molecule has 0 radical (unpaired) electrons. The Hall–Kier alpha value is -2.90. The Kier molecular flexibility index (Phi) is 6.43. The van der Waals surface area contributed by atoms with Gasteiger partial charge in [-0.05, 0) is 55.0 Å². The van der Waals surface area contributed by atoms with E-state index in [4.69, 9.17) is 11.6 Å². The van der Waals surface area contributed by atoms with Crippen LogP contribution in [0.25, 0.3) is 0 Å². The highest BCUT2D eigenvalue weighted by Crippen LogP contribution is 2.24. The second kappa shape index (κ2) is 8.85. The standard InChI is InChI=1S/C22H20ClFN2O3S/c1-15-7-10-18(13-20(15)23)25-22(27)16-8-11-19(12-9-16)26(30(2,28)29)14-17-5-3-4-6-21(17)24/h3-13H,14H2,1-2H3,(H,25,27). The first-order chi connectivity index (χ1) is 14.1. The predicted octanol–water partition coefficient (Wildman–Crippen LogP) is 5.01. The molecule has 3 aromatic rings. The molecule has 3 rings (SSSR count). The molecule has 0 saturated heterocycles. The van der Waals surface area contributed by atoms with E-state index in [2.05, 4.69) is 5.32 Å². The van der Waals surface area contributed by atoms with Crippen LogP contribution in [0.15, 0.2) is 66.7 Å². The van der Waals surface area contributed by atoms with Crippen molar-refractivity contribution < 1.29 is 17.6 Å². The van der Waals surface area contributed by atoms with Gasteiger partial charge in [-0.3, -0.25) is 9.10 Å². The Balaban J connectivity index is 1.81. The normalized spacial score (nSPS) is 11.2. The van der Waals surface area contributed by atoms with Gasteiger partial charge in [0.2, 0.25) is 10.0 Å². The van der Waals surface area contributed by atoms with E-state index in [1.54, 1.807) is 24.3 Å². The minimum absolute atomic E-state index is 0.154. The van der Waals surface area contributed by atoms with E-state index in [1.165, 1.54) is 42.5 Å². The maximum atomic E-state index is 14.0. The molecule has 0 aliphatic rings. The average Bonchev–Trinajstić information content (AvgIpc) is 2.69. The Morgan fingerprint density at radius 1 is 1.07 bits per heavy atom. The van der Waals surface area contributed by atoms with Crippen molar-refractivity contribution in [3.63, 3.8) is 0 Å². The highest BCUT2D eigenvalue weighted by Gasteiger charge is 2.20. The van der Waals surface area contributed by atoms with Gasteiger partial charge in [-0.25, -0.2) is 12.8 Å². The van der Waals surface area contributed by atoms with Crippen molar-refractivity contribution in [3.8, 4) is 0 Å². The predicted molar refractivity (Wildman–Crippen MR) is 118 cm³/mol. The number of benzene rings is 3. The third-order valence-corrected chi connectivity index (χ3v) is 6.07. The van der Waals surface area contributed by atoms with Gasteiger partial charge in [0, 0.05) is 21.8 Å². The summed E-state index contributed by atoms with van der Waals surface area (Å²) in [5.41, 5.74) is 2.37. The molecule has 0 saturated carbocycles. The maximum absolute atomic E-state index is 14.0. The van der Waals surface area contributed by atoms with Crippen LogP contribution in [0, 0.1) is 12.7 Å². The van der Waals surface area contributed by atoms with Crippen LogP contribution in [-0.4, -0.2) is 20.6 Å². The number of anilines is 2. The Labute approximate surface area is 180 Å². The van der Waals surface area contributed by atoms with E-state index in [1.807, 2.05) is 6.92 Å². The van der Waals surface area contributed by atoms with E-state index in [9.17, 15) is 17.6 Å². The van der Waals surface area contributed by atoms with Crippen LogP contribution in [0.1, 0.15) is 21.5 Å². The SMILES string of the molecule is Cc1ccc(NC(=O)c2ccc(N(Cc3ccccc3F)S(C)(=O)=O)cc2)cc1Cl. The number of amides is 1. The van der Waals surface area contributed by atoms with Crippen molar-refractivity contribution in [3.05, 3.63) is 94.3 Å². The number of nitrogens with zero attached hydrogens (tertiary/aromatic N) is 1. The molecule has 0 aliphatic carbocycles. The summed E-state index contributed by atoms with van der Waals surface area (Å²) >= 11 is 6.08. The highest BCUT2D eigenvalue weighted by molar-refractivity contribution is 7.92. The van der Waals surface area contributed by atoms with Crippen LogP contribution >= 0.6 is 11.6 Å². The molecule has 0 fully saturated rings.